The van der Waals surface area contributed by atoms with Crippen LogP contribution in [0.3, 0.4) is 0 Å². The summed E-state index contributed by atoms with van der Waals surface area (Å²) in [6.45, 7) is 2.12. The first kappa shape index (κ1) is 17.8. The fraction of sp³-hybridized carbons (Fsp3) is 0.200. The Morgan fingerprint density at radius 2 is 1.92 bits per heavy atom. The van der Waals surface area contributed by atoms with E-state index in [9.17, 15) is 8.42 Å². The lowest BCUT2D eigenvalue weighted by Gasteiger charge is -2.05. The molecule has 25 heavy (non-hydrogen) atoms. The molecule has 1 N–H and O–H groups in total. The van der Waals surface area contributed by atoms with Crippen molar-refractivity contribution in [2.45, 2.75) is 18.4 Å². The Kier molecular flexibility index (Phi) is 4.77. The third kappa shape index (κ3) is 3.81. The highest BCUT2D eigenvalue weighted by atomic mass is 35.5. The van der Waals surface area contributed by atoms with Crippen LogP contribution in [-0.4, -0.2) is 28.0 Å². The van der Waals surface area contributed by atoms with Gasteiger partial charge in [-0.3, -0.25) is 14.1 Å². The van der Waals surface area contributed by atoms with Crippen LogP contribution < -0.4 is 4.72 Å². The highest BCUT2D eigenvalue weighted by Gasteiger charge is 2.20. The van der Waals surface area contributed by atoms with E-state index in [4.69, 9.17) is 23.2 Å². The second-order valence-corrected chi connectivity index (χ2v) is 7.96. The summed E-state index contributed by atoms with van der Waals surface area (Å²) in [6, 6.07) is 5.28. The first-order chi connectivity index (χ1) is 11.8. The molecule has 0 amide bonds. The molecule has 0 unspecified atom stereocenters. The van der Waals surface area contributed by atoms with Gasteiger partial charge in [0.1, 0.15) is 4.90 Å². The van der Waals surface area contributed by atoms with Crippen LogP contribution in [0.15, 0.2) is 41.7 Å². The zero-order valence-corrected chi connectivity index (χ0v) is 15.8. The molecule has 0 fully saturated rings. The molecule has 2 aromatic heterocycles. The number of nitrogens with zero attached hydrogens (tertiary/aromatic N) is 4. The van der Waals surface area contributed by atoms with Gasteiger partial charge in [-0.15, -0.1) is 0 Å². The molecule has 10 heteroatoms. The Hall–Kier alpha value is -2.03. The van der Waals surface area contributed by atoms with Gasteiger partial charge in [-0.2, -0.15) is 10.2 Å². The molecule has 0 atom stereocenters. The minimum Gasteiger partial charge on any atom is -0.276 e. The summed E-state index contributed by atoms with van der Waals surface area (Å²) in [7, 11) is -2.04. The summed E-state index contributed by atoms with van der Waals surface area (Å²) in [5.41, 5.74) is 1.81. The minimum atomic E-state index is -3.72. The third-order valence-electron chi connectivity index (χ3n) is 3.69. The highest BCUT2D eigenvalue weighted by molar-refractivity contribution is 7.92. The van der Waals surface area contributed by atoms with Gasteiger partial charge in [0.25, 0.3) is 10.0 Å². The lowest BCUT2D eigenvalue weighted by molar-refractivity contribution is 0.600. The van der Waals surface area contributed by atoms with E-state index in [0.29, 0.717) is 28.0 Å². The maximum Gasteiger partial charge on any atom is 0.265 e. The molecule has 132 valence electrons. The maximum absolute atomic E-state index is 12.5. The number of sulfonamides is 1. The van der Waals surface area contributed by atoms with Crippen molar-refractivity contribution in [3.8, 4) is 0 Å². The Bertz CT molecular complexity index is 1030. The average Bonchev–Trinajstić information content (AvgIpc) is 3.10. The van der Waals surface area contributed by atoms with Crippen LogP contribution in [0.2, 0.25) is 10.0 Å². The normalized spacial score (nSPS) is 11.7. The van der Waals surface area contributed by atoms with Gasteiger partial charge >= 0.3 is 0 Å². The van der Waals surface area contributed by atoms with E-state index < -0.39 is 10.0 Å². The number of halogens is 2. The fourth-order valence-electron chi connectivity index (χ4n) is 2.28. The van der Waals surface area contributed by atoms with Gasteiger partial charge in [0.15, 0.2) is 0 Å². The number of hydrogen-bond acceptors (Lipinski definition) is 4. The molecule has 7 nitrogen and oxygen atoms in total. The molecule has 0 aliphatic rings. The summed E-state index contributed by atoms with van der Waals surface area (Å²) in [6.07, 6.45) is 4.37. The smallest absolute Gasteiger partial charge is 0.265 e. The average molecular weight is 400 g/mol. The van der Waals surface area contributed by atoms with E-state index in [-0.39, 0.29) is 4.90 Å². The van der Waals surface area contributed by atoms with Gasteiger partial charge in [-0.25, -0.2) is 8.42 Å². The minimum absolute atomic E-state index is 0.132. The molecule has 0 aliphatic carbocycles. The Morgan fingerprint density at radius 3 is 2.56 bits per heavy atom. The maximum atomic E-state index is 12.5. The molecule has 1 aromatic carbocycles. The van der Waals surface area contributed by atoms with Crippen molar-refractivity contribution >= 4 is 38.9 Å². The van der Waals surface area contributed by atoms with Crippen LogP contribution in [0, 0.1) is 6.92 Å². The Balaban J connectivity index is 1.77. The molecule has 0 spiro atoms. The van der Waals surface area contributed by atoms with E-state index in [1.165, 1.54) is 17.1 Å². The summed E-state index contributed by atoms with van der Waals surface area (Å²) < 4.78 is 30.5. The van der Waals surface area contributed by atoms with Crippen LogP contribution in [0.1, 0.15) is 11.3 Å². The number of rotatable bonds is 5. The van der Waals surface area contributed by atoms with Crippen molar-refractivity contribution < 1.29 is 8.42 Å². The molecule has 3 rings (SSSR count). The number of anilines is 1. The number of nitrogens with one attached hydrogen (secondary N) is 1. The van der Waals surface area contributed by atoms with Crippen LogP contribution in [0.25, 0.3) is 0 Å². The lowest BCUT2D eigenvalue weighted by atomic mass is 10.2. The van der Waals surface area contributed by atoms with E-state index in [1.807, 2.05) is 6.07 Å². The zero-order chi connectivity index (χ0) is 18.2. The first-order valence-corrected chi connectivity index (χ1v) is 9.48. The third-order valence-corrected chi connectivity index (χ3v) is 5.92. The first-order valence-electron chi connectivity index (χ1n) is 7.24. The van der Waals surface area contributed by atoms with Crippen molar-refractivity contribution in [3.05, 3.63) is 58.1 Å². The van der Waals surface area contributed by atoms with Gasteiger partial charge in [-0.05, 0) is 24.6 Å². The fourth-order valence-corrected chi connectivity index (χ4v) is 3.83. The van der Waals surface area contributed by atoms with Crippen molar-refractivity contribution in [1.82, 2.24) is 19.6 Å². The van der Waals surface area contributed by atoms with Crippen molar-refractivity contribution in [1.29, 1.82) is 0 Å². The number of hydrogen-bond donors (Lipinski definition) is 1. The summed E-state index contributed by atoms with van der Waals surface area (Å²) in [5.74, 6) is 0. The lowest BCUT2D eigenvalue weighted by Crippen LogP contribution is -2.13. The Morgan fingerprint density at radius 1 is 1.16 bits per heavy atom. The molecule has 0 bridgehead atoms. The van der Waals surface area contributed by atoms with Gasteiger partial charge in [0.2, 0.25) is 0 Å². The summed E-state index contributed by atoms with van der Waals surface area (Å²) in [4.78, 5) is 0.132. The predicted octanol–water partition coefficient (Wildman–Crippen LogP) is 3.08. The van der Waals surface area contributed by atoms with E-state index in [1.54, 1.807) is 37.0 Å². The van der Waals surface area contributed by atoms with Gasteiger partial charge in [0, 0.05) is 13.2 Å². The zero-order valence-electron chi connectivity index (χ0n) is 13.4. The number of benzene rings is 1. The summed E-state index contributed by atoms with van der Waals surface area (Å²) in [5, 5.41) is 9.05. The second-order valence-electron chi connectivity index (χ2n) is 5.50. The molecule has 2 heterocycles. The quantitative estimate of drug-likeness (QED) is 0.714. The largest absolute Gasteiger partial charge is 0.276 e. The SMILES string of the molecule is Cc1c(S(=O)(=O)Nc2cnn(Cc3ccc(Cl)c(Cl)c3)c2)cnn1C. The topological polar surface area (TPSA) is 81.8 Å². The highest BCUT2D eigenvalue weighted by Crippen LogP contribution is 2.23. The van der Waals surface area contributed by atoms with Gasteiger partial charge in [0.05, 0.1) is 40.4 Å². The van der Waals surface area contributed by atoms with Crippen molar-refractivity contribution in [2.24, 2.45) is 7.05 Å². The van der Waals surface area contributed by atoms with E-state index in [0.717, 1.165) is 5.56 Å². The summed E-state index contributed by atoms with van der Waals surface area (Å²) >= 11 is 11.9. The van der Waals surface area contributed by atoms with Gasteiger partial charge in [-0.1, -0.05) is 29.3 Å². The Labute approximate surface area is 155 Å². The number of aromatic nitrogens is 4. The number of aryl methyl sites for hydroxylation is 1. The molecular weight excluding hydrogens is 385 g/mol. The van der Waals surface area contributed by atoms with Crippen LogP contribution in [-0.2, 0) is 23.6 Å². The monoisotopic (exact) mass is 399 g/mol. The van der Waals surface area contributed by atoms with Crippen molar-refractivity contribution in [2.75, 3.05) is 4.72 Å². The predicted molar refractivity (Wildman–Crippen MR) is 96.5 cm³/mol. The second kappa shape index (κ2) is 6.70. The van der Waals surface area contributed by atoms with E-state index in [2.05, 4.69) is 14.9 Å². The van der Waals surface area contributed by atoms with Crippen molar-refractivity contribution in [3.63, 3.8) is 0 Å². The van der Waals surface area contributed by atoms with Crippen LogP contribution in [0.4, 0.5) is 5.69 Å². The molecule has 0 saturated heterocycles. The molecule has 3 aromatic rings. The molecule has 0 radical (unpaired) electrons. The van der Waals surface area contributed by atoms with E-state index >= 15 is 0 Å². The molecular formula is C15H15Cl2N5O2S. The standard InChI is InChI=1S/C15H15Cl2N5O2S/c1-10-15(7-18-21(10)2)25(23,24)20-12-6-19-22(9-12)8-11-3-4-13(16)14(17)5-11/h3-7,9,20H,8H2,1-2H3. The van der Waals surface area contributed by atoms with Gasteiger partial charge < -0.3 is 0 Å². The van der Waals surface area contributed by atoms with Crippen LogP contribution in [0.5, 0.6) is 0 Å². The van der Waals surface area contributed by atoms with Crippen LogP contribution >= 0.6 is 23.2 Å². The molecule has 0 aliphatic heterocycles. The molecule has 0 saturated carbocycles.